The summed E-state index contributed by atoms with van der Waals surface area (Å²) < 4.78 is 6.61. The first-order chi connectivity index (χ1) is 23.7. The van der Waals surface area contributed by atoms with Gasteiger partial charge in [0.1, 0.15) is 5.58 Å². The molecule has 0 fully saturated rings. The van der Waals surface area contributed by atoms with Gasteiger partial charge in [-0.05, 0) is 98.6 Å². The highest BCUT2D eigenvalue weighted by Crippen LogP contribution is 2.59. The average Bonchev–Trinajstić information content (AvgIpc) is 3.60. The van der Waals surface area contributed by atoms with E-state index in [1.54, 1.807) is 0 Å². The molecular weight excluding hydrogens is 595 g/mol. The van der Waals surface area contributed by atoms with Crippen molar-refractivity contribution in [2.45, 2.75) is 45.4 Å². The molecule has 2 aliphatic carbocycles. The molecule has 2 heteroatoms. The zero-order valence-electron chi connectivity index (χ0n) is 28.6. The summed E-state index contributed by atoms with van der Waals surface area (Å²) in [7, 11) is 0. The Hall–Kier alpha value is -5.60. The van der Waals surface area contributed by atoms with Gasteiger partial charge in [-0.3, -0.25) is 0 Å². The Kier molecular flexibility index (Phi) is 5.65. The first kappa shape index (κ1) is 28.4. The van der Waals surface area contributed by atoms with Crippen molar-refractivity contribution < 1.29 is 4.42 Å². The lowest BCUT2D eigenvalue weighted by Gasteiger charge is -2.39. The molecule has 0 saturated heterocycles. The monoisotopic (exact) mass is 631 g/mol. The number of nitrogens with zero attached hydrogens (tertiary/aromatic N) is 1. The minimum atomic E-state index is -0.214. The van der Waals surface area contributed by atoms with Gasteiger partial charge in [0.2, 0.25) is 0 Å². The Morgan fingerprint density at radius 2 is 1.14 bits per heavy atom. The quantitative estimate of drug-likeness (QED) is 0.193. The molecule has 49 heavy (non-hydrogen) atoms. The summed E-state index contributed by atoms with van der Waals surface area (Å²) in [5.41, 5.74) is 17.0. The molecule has 0 aliphatic heterocycles. The molecule has 10 rings (SSSR count). The van der Waals surface area contributed by atoms with Crippen LogP contribution >= 0.6 is 0 Å². The Labute approximate surface area is 287 Å². The van der Waals surface area contributed by atoms with Gasteiger partial charge in [-0.15, -0.1) is 0 Å². The van der Waals surface area contributed by atoms with E-state index in [0.29, 0.717) is 0 Å². The number of furan rings is 1. The van der Waals surface area contributed by atoms with Gasteiger partial charge in [-0.25, -0.2) is 0 Å². The van der Waals surface area contributed by atoms with E-state index in [1.807, 2.05) is 6.07 Å². The molecule has 2 aliphatic rings. The zero-order chi connectivity index (χ0) is 33.2. The molecule has 1 aromatic heterocycles. The van der Waals surface area contributed by atoms with Crippen LogP contribution in [0.25, 0.3) is 55.0 Å². The number of rotatable bonds is 3. The lowest BCUT2D eigenvalue weighted by atomic mass is 9.63. The van der Waals surface area contributed by atoms with Crippen molar-refractivity contribution in [1.82, 2.24) is 0 Å². The highest BCUT2D eigenvalue weighted by atomic mass is 16.3. The SMILES string of the molecule is Cc1ccc(N(c2ccc3c(c2)C(C)(C)c2c-3ccc3c2C(C)(C)c2cccc4cccc-3c24)c2cccc3c2oc2ccccc23)cc1. The van der Waals surface area contributed by atoms with E-state index in [9.17, 15) is 0 Å². The minimum absolute atomic E-state index is 0.151. The molecule has 0 N–H and O–H groups in total. The molecular formula is C47H37NO. The van der Waals surface area contributed by atoms with Gasteiger partial charge in [-0.1, -0.05) is 130 Å². The summed E-state index contributed by atoms with van der Waals surface area (Å²) in [5.74, 6) is 0. The minimum Gasteiger partial charge on any atom is -0.454 e. The maximum absolute atomic E-state index is 6.61. The van der Waals surface area contributed by atoms with E-state index in [0.717, 1.165) is 39.0 Å². The van der Waals surface area contributed by atoms with Gasteiger partial charge in [0.05, 0.1) is 5.69 Å². The molecule has 0 saturated carbocycles. The third kappa shape index (κ3) is 3.77. The highest BCUT2D eigenvalue weighted by molar-refractivity contribution is 6.10. The van der Waals surface area contributed by atoms with Crippen LogP contribution in [-0.2, 0) is 10.8 Å². The predicted octanol–water partition coefficient (Wildman–Crippen LogP) is 13.1. The number of para-hydroxylation sites is 2. The zero-order valence-corrected chi connectivity index (χ0v) is 28.6. The van der Waals surface area contributed by atoms with Gasteiger partial charge >= 0.3 is 0 Å². The van der Waals surface area contributed by atoms with Crippen LogP contribution in [0.1, 0.15) is 55.5 Å². The maximum Gasteiger partial charge on any atom is 0.159 e. The first-order valence-corrected chi connectivity index (χ1v) is 17.4. The molecule has 8 aromatic rings. The summed E-state index contributed by atoms with van der Waals surface area (Å²) in [6.45, 7) is 11.8. The highest BCUT2D eigenvalue weighted by Gasteiger charge is 2.44. The van der Waals surface area contributed by atoms with Crippen LogP contribution in [0, 0.1) is 6.92 Å². The van der Waals surface area contributed by atoms with Crippen LogP contribution in [0.15, 0.2) is 138 Å². The molecule has 0 unspecified atom stereocenters. The molecule has 0 atom stereocenters. The van der Waals surface area contributed by atoms with Gasteiger partial charge in [0.15, 0.2) is 5.58 Å². The number of anilines is 3. The lowest BCUT2D eigenvalue weighted by molar-refractivity contribution is 0.591. The second kappa shape index (κ2) is 9.74. The average molecular weight is 632 g/mol. The number of aryl methyl sites for hydroxylation is 1. The topological polar surface area (TPSA) is 16.4 Å². The van der Waals surface area contributed by atoms with E-state index in [4.69, 9.17) is 4.42 Å². The van der Waals surface area contributed by atoms with Crippen LogP contribution < -0.4 is 4.90 Å². The van der Waals surface area contributed by atoms with Crippen molar-refractivity contribution in [2.75, 3.05) is 4.90 Å². The van der Waals surface area contributed by atoms with E-state index >= 15 is 0 Å². The van der Waals surface area contributed by atoms with Crippen molar-refractivity contribution in [1.29, 1.82) is 0 Å². The van der Waals surface area contributed by atoms with Crippen LogP contribution in [0.2, 0.25) is 0 Å². The fourth-order valence-electron chi connectivity index (χ4n) is 9.16. The molecule has 0 bridgehead atoms. The summed E-state index contributed by atoms with van der Waals surface area (Å²) in [4.78, 5) is 2.37. The van der Waals surface area contributed by atoms with Crippen LogP contribution in [0.3, 0.4) is 0 Å². The third-order valence-corrected chi connectivity index (χ3v) is 11.5. The van der Waals surface area contributed by atoms with Crippen molar-refractivity contribution in [3.8, 4) is 22.3 Å². The number of hydrogen-bond acceptors (Lipinski definition) is 2. The molecule has 1 heterocycles. The van der Waals surface area contributed by atoms with Crippen molar-refractivity contribution in [3.05, 3.63) is 161 Å². The fraction of sp³-hybridized carbons (Fsp3) is 0.149. The maximum atomic E-state index is 6.61. The van der Waals surface area contributed by atoms with E-state index < -0.39 is 0 Å². The smallest absolute Gasteiger partial charge is 0.159 e. The van der Waals surface area contributed by atoms with E-state index in [1.165, 1.54) is 60.8 Å². The van der Waals surface area contributed by atoms with E-state index in [-0.39, 0.29) is 10.8 Å². The van der Waals surface area contributed by atoms with E-state index in [2.05, 4.69) is 167 Å². The Morgan fingerprint density at radius 3 is 1.94 bits per heavy atom. The van der Waals surface area contributed by atoms with Crippen LogP contribution in [0.4, 0.5) is 17.1 Å². The summed E-state index contributed by atoms with van der Waals surface area (Å²) in [5, 5.41) is 4.98. The number of hydrogen-bond donors (Lipinski definition) is 0. The molecule has 236 valence electrons. The summed E-state index contributed by atoms with van der Waals surface area (Å²) >= 11 is 0. The summed E-state index contributed by atoms with van der Waals surface area (Å²) in [6.07, 6.45) is 0. The predicted molar refractivity (Wildman–Crippen MR) is 206 cm³/mol. The Bertz CT molecular complexity index is 2660. The molecule has 0 amide bonds. The largest absolute Gasteiger partial charge is 0.454 e. The standard InChI is InChI=1S/C47H37NO/c1-28-19-21-30(22-20-28)48(40-17-10-15-37-33-13-6-7-18-41(33)49-45(37)40)31-23-24-32-35-25-26-36-34-14-8-11-29-12-9-16-38(42(29)34)46(2,3)44(36)43(35)47(4,5)39(32)27-31/h6-27H,1-5H3. The van der Waals surface area contributed by atoms with Crippen LogP contribution in [-0.4, -0.2) is 0 Å². The molecule has 7 aromatic carbocycles. The molecule has 0 radical (unpaired) electrons. The number of fused-ring (bicyclic) bond motifs is 9. The Morgan fingerprint density at radius 1 is 0.510 bits per heavy atom. The summed E-state index contributed by atoms with van der Waals surface area (Å²) in [6, 6.07) is 49.2. The van der Waals surface area contributed by atoms with Gasteiger partial charge < -0.3 is 9.32 Å². The molecule has 2 nitrogen and oxygen atoms in total. The van der Waals surface area contributed by atoms with Gasteiger partial charge in [0.25, 0.3) is 0 Å². The molecule has 0 spiro atoms. The first-order valence-electron chi connectivity index (χ1n) is 17.4. The third-order valence-electron chi connectivity index (χ3n) is 11.5. The fourth-order valence-corrected chi connectivity index (χ4v) is 9.16. The second-order valence-electron chi connectivity index (χ2n) is 15.0. The number of benzene rings is 7. The lowest BCUT2D eigenvalue weighted by Crippen LogP contribution is -2.29. The second-order valence-corrected chi connectivity index (χ2v) is 15.0. The van der Waals surface area contributed by atoms with Crippen molar-refractivity contribution in [2.24, 2.45) is 0 Å². The van der Waals surface area contributed by atoms with Gasteiger partial charge in [-0.2, -0.15) is 0 Å². The van der Waals surface area contributed by atoms with Crippen LogP contribution in [0.5, 0.6) is 0 Å². The van der Waals surface area contributed by atoms with Gasteiger partial charge in [0, 0.05) is 33.0 Å². The normalized spacial score (nSPS) is 15.0. The Balaban J connectivity index is 1.20. The van der Waals surface area contributed by atoms with Crippen molar-refractivity contribution in [3.63, 3.8) is 0 Å². The van der Waals surface area contributed by atoms with Crippen molar-refractivity contribution >= 4 is 49.8 Å².